The predicted molar refractivity (Wildman–Crippen MR) is 99.3 cm³/mol. The Balaban J connectivity index is 1.55. The maximum atomic E-state index is 9.26. The van der Waals surface area contributed by atoms with Gasteiger partial charge in [0.1, 0.15) is 0 Å². The molecule has 2 aliphatic carbocycles. The second kappa shape index (κ2) is 5.88. The van der Waals surface area contributed by atoms with Crippen LogP contribution in [-0.2, 0) is 0 Å². The summed E-state index contributed by atoms with van der Waals surface area (Å²) < 4.78 is 3.11. The van der Waals surface area contributed by atoms with Gasteiger partial charge >= 0.3 is 0 Å². The molecule has 0 aliphatic heterocycles. The third-order valence-corrected chi connectivity index (χ3v) is 5.84. The average Bonchev–Trinajstić information content (AvgIpc) is 3.33. The Bertz CT molecular complexity index is 944. The van der Waals surface area contributed by atoms with E-state index in [-0.39, 0.29) is 6.61 Å². The summed E-state index contributed by atoms with van der Waals surface area (Å²) in [5.74, 6) is 0.991. The Morgan fingerprint density at radius 2 is 2.04 bits per heavy atom. The highest BCUT2D eigenvalue weighted by atomic mass is 79.9. The fraction of sp³-hybridized carbons (Fsp3) is 0.421. The van der Waals surface area contributed by atoms with Gasteiger partial charge in [0.15, 0.2) is 0 Å². The van der Waals surface area contributed by atoms with Crippen LogP contribution in [0.15, 0.2) is 35.1 Å². The Hall–Kier alpha value is -1.79. The van der Waals surface area contributed by atoms with Crippen molar-refractivity contribution in [3.8, 4) is 11.3 Å². The number of fused-ring (bicyclic) bond motifs is 1. The lowest BCUT2D eigenvalue weighted by Gasteiger charge is -2.34. The van der Waals surface area contributed by atoms with Crippen molar-refractivity contribution in [3.05, 3.63) is 40.8 Å². The van der Waals surface area contributed by atoms with Crippen molar-refractivity contribution in [2.45, 2.75) is 37.6 Å². The van der Waals surface area contributed by atoms with Gasteiger partial charge in [-0.1, -0.05) is 15.9 Å². The van der Waals surface area contributed by atoms with Crippen molar-refractivity contribution >= 4 is 27.0 Å². The Morgan fingerprint density at radius 3 is 2.80 bits per heavy atom. The largest absolute Gasteiger partial charge is 0.396 e. The summed E-state index contributed by atoms with van der Waals surface area (Å²) in [6, 6.07) is 6.37. The molecule has 128 valence electrons. The smallest absolute Gasteiger partial charge is 0.0927 e. The molecule has 2 fully saturated rings. The van der Waals surface area contributed by atoms with Crippen molar-refractivity contribution in [1.82, 2.24) is 19.7 Å². The van der Waals surface area contributed by atoms with Gasteiger partial charge in [-0.2, -0.15) is 5.10 Å². The molecule has 2 heterocycles. The first kappa shape index (κ1) is 15.5. The minimum atomic E-state index is 0.283. The van der Waals surface area contributed by atoms with Crippen LogP contribution in [0.25, 0.3) is 22.3 Å². The normalized spacial score (nSPS) is 23.0. The SMILES string of the molecule is OCC1CC(n2cc(-c3cnc4ccc(Br)cc4n3)c(C3CC3)n2)C1. The first-order chi connectivity index (χ1) is 12.2. The molecule has 0 atom stereocenters. The molecule has 0 spiro atoms. The quantitative estimate of drug-likeness (QED) is 0.718. The molecule has 0 radical (unpaired) electrons. The summed E-state index contributed by atoms with van der Waals surface area (Å²) in [6.07, 6.45) is 8.44. The Labute approximate surface area is 154 Å². The number of hydrogen-bond acceptors (Lipinski definition) is 4. The summed E-state index contributed by atoms with van der Waals surface area (Å²) in [5, 5.41) is 14.2. The first-order valence-electron chi connectivity index (χ1n) is 8.84. The van der Waals surface area contributed by atoms with E-state index in [0.717, 1.165) is 45.3 Å². The molecule has 0 saturated heterocycles. The standard InChI is InChI=1S/C19H19BrN4O/c20-13-3-4-16-17(7-13)22-18(8-21-16)15-9-24(14-5-11(6-14)10-25)23-19(15)12-1-2-12/h3-4,7-9,11-12,14,25H,1-2,5-6,10H2. The van der Waals surface area contributed by atoms with E-state index in [9.17, 15) is 5.11 Å². The monoisotopic (exact) mass is 398 g/mol. The molecule has 2 saturated carbocycles. The summed E-state index contributed by atoms with van der Waals surface area (Å²) in [5.41, 5.74) is 4.97. The number of benzene rings is 1. The van der Waals surface area contributed by atoms with E-state index >= 15 is 0 Å². The molecule has 25 heavy (non-hydrogen) atoms. The minimum Gasteiger partial charge on any atom is -0.396 e. The van der Waals surface area contributed by atoms with Crippen molar-refractivity contribution in [3.63, 3.8) is 0 Å². The van der Waals surface area contributed by atoms with Crippen molar-refractivity contribution in [2.75, 3.05) is 6.61 Å². The van der Waals surface area contributed by atoms with Gasteiger partial charge in [0.05, 0.1) is 34.7 Å². The molecule has 5 nitrogen and oxygen atoms in total. The van der Waals surface area contributed by atoms with Gasteiger partial charge in [-0.15, -0.1) is 0 Å². The van der Waals surface area contributed by atoms with Gasteiger partial charge in [0, 0.05) is 28.8 Å². The number of hydrogen-bond donors (Lipinski definition) is 1. The highest BCUT2D eigenvalue weighted by Crippen LogP contribution is 2.45. The molecule has 1 aromatic carbocycles. The van der Waals surface area contributed by atoms with E-state index < -0.39 is 0 Å². The maximum absolute atomic E-state index is 9.26. The highest BCUT2D eigenvalue weighted by Gasteiger charge is 2.34. The number of halogens is 1. The zero-order valence-corrected chi connectivity index (χ0v) is 15.4. The van der Waals surface area contributed by atoms with Gasteiger partial charge in [-0.3, -0.25) is 9.67 Å². The molecule has 5 rings (SSSR count). The summed E-state index contributed by atoms with van der Waals surface area (Å²) in [6.45, 7) is 0.283. The predicted octanol–water partition coefficient (Wildman–Crippen LogP) is 4.08. The van der Waals surface area contributed by atoms with E-state index in [2.05, 4.69) is 31.8 Å². The first-order valence-corrected chi connectivity index (χ1v) is 9.63. The molecule has 0 amide bonds. The van der Waals surface area contributed by atoms with E-state index in [0.29, 0.717) is 17.9 Å². The fourth-order valence-electron chi connectivity index (χ4n) is 3.63. The number of aliphatic hydroxyl groups excluding tert-OH is 1. The molecular weight excluding hydrogens is 380 g/mol. The van der Waals surface area contributed by atoms with Crippen LogP contribution in [0.2, 0.25) is 0 Å². The Kier molecular flexibility index (Phi) is 3.64. The zero-order valence-electron chi connectivity index (χ0n) is 13.8. The maximum Gasteiger partial charge on any atom is 0.0927 e. The fourth-order valence-corrected chi connectivity index (χ4v) is 3.98. The van der Waals surface area contributed by atoms with Crippen LogP contribution in [-0.4, -0.2) is 31.5 Å². The van der Waals surface area contributed by atoms with Crippen LogP contribution in [0.3, 0.4) is 0 Å². The topological polar surface area (TPSA) is 63.8 Å². The summed E-state index contributed by atoms with van der Waals surface area (Å²) in [7, 11) is 0. The molecule has 6 heteroatoms. The van der Waals surface area contributed by atoms with Crippen LogP contribution >= 0.6 is 15.9 Å². The molecule has 3 aromatic rings. The third-order valence-electron chi connectivity index (χ3n) is 5.35. The highest BCUT2D eigenvalue weighted by molar-refractivity contribution is 9.10. The third kappa shape index (κ3) is 2.77. The van der Waals surface area contributed by atoms with Crippen LogP contribution in [0.1, 0.15) is 43.3 Å². The summed E-state index contributed by atoms with van der Waals surface area (Å²) in [4.78, 5) is 9.42. The minimum absolute atomic E-state index is 0.283. The second-order valence-electron chi connectivity index (χ2n) is 7.24. The Morgan fingerprint density at radius 1 is 1.20 bits per heavy atom. The lowest BCUT2D eigenvalue weighted by molar-refractivity contribution is 0.105. The van der Waals surface area contributed by atoms with E-state index in [1.165, 1.54) is 12.8 Å². The van der Waals surface area contributed by atoms with Gasteiger partial charge in [-0.25, -0.2) is 4.98 Å². The number of aliphatic hydroxyl groups is 1. The number of nitrogens with zero attached hydrogens (tertiary/aromatic N) is 4. The number of rotatable bonds is 4. The van der Waals surface area contributed by atoms with Crippen LogP contribution in [0.5, 0.6) is 0 Å². The van der Waals surface area contributed by atoms with Gasteiger partial charge in [-0.05, 0) is 49.8 Å². The average molecular weight is 399 g/mol. The van der Waals surface area contributed by atoms with Crippen molar-refractivity contribution < 1.29 is 5.11 Å². The van der Waals surface area contributed by atoms with Gasteiger partial charge in [0.2, 0.25) is 0 Å². The van der Waals surface area contributed by atoms with E-state index in [1.54, 1.807) is 0 Å². The van der Waals surface area contributed by atoms with Crippen LogP contribution in [0.4, 0.5) is 0 Å². The molecular formula is C19H19BrN4O. The number of aromatic nitrogens is 4. The molecule has 0 unspecified atom stereocenters. The van der Waals surface area contributed by atoms with Gasteiger partial charge in [0.25, 0.3) is 0 Å². The molecule has 2 aliphatic rings. The zero-order chi connectivity index (χ0) is 17.0. The van der Waals surface area contributed by atoms with Crippen LogP contribution in [0, 0.1) is 5.92 Å². The van der Waals surface area contributed by atoms with Crippen molar-refractivity contribution in [2.24, 2.45) is 5.92 Å². The lowest BCUT2D eigenvalue weighted by Crippen LogP contribution is -2.29. The molecule has 1 N–H and O–H groups in total. The molecule has 0 bridgehead atoms. The second-order valence-corrected chi connectivity index (χ2v) is 8.16. The molecule has 2 aromatic heterocycles. The van der Waals surface area contributed by atoms with Crippen LogP contribution < -0.4 is 0 Å². The van der Waals surface area contributed by atoms with E-state index in [1.807, 2.05) is 24.4 Å². The summed E-state index contributed by atoms with van der Waals surface area (Å²) >= 11 is 3.51. The lowest BCUT2D eigenvalue weighted by atomic mass is 9.81. The van der Waals surface area contributed by atoms with Crippen molar-refractivity contribution in [1.29, 1.82) is 0 Å². The van der Waals surface area contributed by atoms with Gasteiger partial charge < -0.3 is 5.11 Å². The van der Waals surface area contributed by atoms with E-state index in [4.69, 9.17) is 10.1 Å².